The highest BCUT2D eigenvalue weighted by atomic mass is 32.1. The zero-order valence-electron chi connectivity index (χ0n) is 12.5. The van der Waals surface area contributed by atoms with Crippen LogP contribution in [0.25, 0.3) is 0 Å². The monoisotopic (exact) mass is 282 g/mol. The highest BCUT2D eigenvalue weighted by molar-refractivity contribution is 7.09. The number of hydrogen-bond acceptors (Lipinski definition) is 3. The molecule has 0 aliphatic rings. The first-order valence-corrected chi connectivity index (χ1v) is 7.93. The van der Waals surface area contributed by atoms with E-state index in [-0.39, 0.29) is 0 Å². The van der Waals surface area contributed by atoms with Gasteiger partial charge in [0.1, 0.15) is 0 Å². The van der Waals surface area contributed by atoms with E-state index in [0.29, 0.717) is 5.92 Å². The van der Waals surface area contributed by atoms with Gasteiger partial charge in [0.15, 0.2) is 5.96 Å². The van der Waals surface area contributed by atoms with Gasteiger partial charge in [-0.1, -0.05) is 13.8 Å². The number of aryl methyl sites for hydroxylation is 2. The molecule has 0 saturated carbocycles. The van der Waals surface area contributed by atoms with Crippen molar-refractivity contribution in [1.29, 1.82) is 0 Å². The van der Waals surface area contributed by atoms with Crippen molar-refractivity contribution in [3.8, 4) is 0 Å². The molecule has 0 aliphatic heterocycles. The van der Waals surface area contributed by atoms with Crippen LogP contribution in [-0.4, -0.2) is 30.6 Å². The lowest BCUT2D eigenvalue weighted by Crippen LogP contribution is -2.38. The van der Waals surface area contributed by atoms with Gasteiger partial charge in [-0.2, -0.15) is 0 Å². The summed E-state index contributed by atoms with van der Waals surface area (Å²) in [5.74, 6) is 1.51. The van der Waals surface area contributed by atoms with Gasteiger partial charge in [0.05, 0.1) is 5.01 Å². The molecule has 0 radical (unpaired) electrons. The van der Waals surface area contributed by atoms with E-state index >= 15 is 0 Å². The number of nitrogens with zero attached hydrogens (tertiary/aromatic N) is 2. The van der Waals surface area contributed by atoms with E-state index in [2.05, 4.69) is 46.8 Å². The van der Waals surface area contributed by atoms with Crippen molar-refractivity contribution in [3.05, 3.63) is 16.1 Å². The van der Waals surface area contributed by atoms with Crippen LogP contribution in [0.2, 0.25) is 0 Å². The van der Waals surface area contributed by atoms with Gasteiger partial charge in [0, 0.05) is 37.1 Å². The molecule has 1 aromatic heterocycles. The van der Waals surface area contributed by atoms with E-state index in [9.17, 15) is 0 Å². The number of thiazole rings is 1. The number of hydrogen-bond donors (Lipinski definition) is 2. The van der Waals surface area contributed by atoms with Gasteiger partial charge in [-0.25, -0.2) is 4.98 Å². The molecule has 0 unspecified atom stereocenters. The van der Waals surface area contributed by atoms with E-state index in [4.69, 9.17) is 0 Å². The smallest absolute Gasteiger partial charge is 0.191 e. The van der Waals surface area contributed by atoms with Gasteiger partial charge in [-0.05, 0) is 26.2 Å². The van der Waals surface area contributed by atoms with E-state index < -0.39 is 0 Å². The molecule has 1 heterocycles. The molecule has 108 valence electrons. The lowest BCUT2D eigenvalue weighted by atomic mass is 10.2. The molecule has 0 saturated heterocycles. The Morgan fingerprint density at radius 3 is 2.79 bits per heavy atom. The summed E-state index contributed by atoms with van der Waals surface area (Å²) in [6, 6.07) is 0. The Morgan fingerprint density at radius 1 is 1.42 bits per heavy atom. The lowest BCUT2D eigenvalue weighted by Gasteiger charge is -2.11. The third-order valence-corrected chi connectivity index (χ3v) is 3.51. The Balaban J connectivity index is 2.26. The number of nitrogens with one attached hydrogen (secondary N) is 2. The van der Waals surface area contributed by atoms with Crippen molar-refractivity contribution in [2.75, 3.05) is 19.6 Å². The lowest BCUT2D eigenvalue weighted by molar-refractivity contribution is 0.654. The maximum Gasteiger partial charge on any atom is 0.191 e. The zero-order valence-corrected chi connectivity index (χ0v) is 13.3. The topological polar surface area (TPSA) is 49.3 Å². The van der Waals surface area contributed by atoms with E-state index in [1.807, 2.05) is 6.92 Å². The Bertz CT molecular complexity index is 385. The fourth-order valence-corrected chi connectivity index (χ4v) is 2.40. The Hall–Kier alpha value is -1.10. The van der Waals surface area contributed by atoms with Crippen LogP contribution < -0.4 is 10.6 Å². The summed E-state index contributed by atoms with van der Waals surface area (Å²) in [7, 11) is 0. The first-order valence-electron chi connectivity index (χ1n) is 7.05. The molecule has 1 aromatic rings. The zero-order chi connectivity index (χ0) is 14.1. The Kier molecular flexibility index (Phi) is 7.48. The summed E-state index contributed by atoms with van der Waals surface area (Å²) in [6.45, 7) is 11.2. The molecule has 5 heteroatoms. The average molecular weight is 282 g/mol. The second-order valence-corrected chi connectivity index (χ2v) is 5.97. The number of aromatic nitrogens is 1. The summed E-state index contributed by atoms with van der Waals surface area (Å²) in [4.78, 5) is 9.01. The van der Waals surface area contributed by atoms with Crippen molar-refractivity contribution in [2.45, 2.75) is 40.5 Å². The fourth-order valence-electron chi connectivity index (χ4n) is 1.58. The number of aliphatic imine (C=N–C) groups is 1. The van der Waals surface area contributed by atoms with Gasteiger partial charge < -0.3 is 10.6 Å². The van der Waals surface area contributed by atoms with Crippen LogP contribution in [0.5, 0.6) is 0 Å². The SMILES string of the molecule is CCNC(=NCC(C)C)NCCCc1nc(C)cs1. The summed E-state index contributed by atoms with van der Waals surface area (Å²) in [5.41, 5.74) is 1.12. The molecule has 2 N–H and O–H groups in total. The Morgan fingerprint density at radius 2 is 2.21 bits per heavy atom. The predicted octanol–water partition coefficient (Wildman–Crippen LogP) is 2.60. The van der Waals surface area contributed by atoms with Crippen LogP contribution in [0.3, 0.4) is 0 Å². The van der Waals surface area contributed by atoms with Crippen LogP contribution in [-0.2, 0) is 6.42 Å². The van der Waals surface area contributed by atoms with Gasteiger partial charge in [-0.3, -0.25) is 4.99 Å². The predicted molar refractivity (Wildman–Crippen MR) is 84.0 cm³/mol. The molecule has 0 aliphatic carbocycles. The number of rotatable bonds is 7. The van der Waals surface area contributed by atoms with Crippen LogP contribution >= 0.6 is 11.3 Å². The molecule has 4 nitrogen and oxygen atoms in total. The first-order chi connectivity index (χ1) is 9.11. The molecular weight excluding hydrogens is 256 g/mol. The third-order valence-electron chi connectivity index (χ3n) is 2.49. The summed E-state index contributed by atoms with van der Waals surface area (Å²) >= 11 is 1.75. The highest BCUT2D eigenvalue weighted by Gasteiger charge is 2.00. The summed E-state index contributed by atoms with van der Waals surface area (Å²) in [6.07, 6.45) is 2.12. The standard InChI is InChI=1S/C14H26N4S/c1-5-15-14(17-9-11(2)3)16-8-6-7-13-18-12(4)10-19-13/h10-11H,5-9H2,1-4H3,(H2,15,16,17). The molecule has 19 heavy (non-hydrogen) atoms. The van der Waals surface area contributed by atoms with Gasteiger partial charge in [-0.15, -0.1) is 11.3 Å². The molecule has 0 bridgehead atoms. The van der Waals surface area contributed by atoms with Gasteiger partial charge in [0.25, 0.3) is 0 Å². The van der Waals surface area contributed by atoms with E-state index in [0.717, 1.165) is 44.1 Å². The molecule has 0 spiro atoms. The molecule has 1 rings (SSSR count). The quantitative estimate of drug-likeness (QED) is 0.459. The molecule has 0 atom stereocenters. The third kappa shape index (κ3) is 7.15. The highest BCUT2D eigenvalue weighted by Crippen LogP contribution is 2.10. The van der Waals surface area contributed by atoms with Crippen LogP contribution in [0.1, 0.15) is 37.9 Å². The maximum atomic E-state index is 4.54. The van der Waals surface area contributed by atoms with Crippen molar-refractivity contribution in [1.82, 2.24) is 15.6 Å². The Labute approximate surface area is 120 Å². The molecule has 0 fully saturated rings. The van der Waals surface area contributed by atoms with Crippen molar-refractivity contribution in [3.63, 3.8) is 0 Å². The van der Waals surface area contributed by atoms with Gasteiger partial charge in [0.2, 0.25) is 0 Å². The number of guanidine groups is 1. The molecular formula is C14H26N4S. The second kappa shape index (κ2) is 8.91. The minimum absolute atomic E-state index is 0.591. The first kappa shape index (κ1) is 16.0. The minimum atomic E-state index is 0.591. The minimum Gasteiger partial charge on any atom is -0.357 e. The largest absolute Gasteiger partial charge is 0.357 e. The van der Waals surface area contributed by atoms with E-state index in [1.165, 1.54) is 5.01 Å². The second-order valence-electron chi connectivity index (χ2n) is 5.03. The normalized spacial score (nSPS) is 11.9. The molecule has 0 aromatic carbocycles. The maximum absolute atomic E-state index is 4.54. The molecule has 0 amide bonds. The van der Waals surface area contributed by atoms with Gasteiger partial charge >= 0.3 is 0 Å². The average Bonchev–Trinajstić information content (AvgIpc) is 2.77. The van der Waals surface area contributed by atoms with Crippen LogP contribution in [0.15, 0.2) is 10.4 Å². The van der Waals surface area contributed by atoms with E-state index in [1.54, 1.807) is 11.3 Å². The van der Waals surface area contributed by atoms with Crippen molar-refractivity contribution in [2.24, 2.45) is 10.9 Å². The summed E-state index contributed by atoms with van der Waals surface area (Å²) in [5, 5.41) is 9.97. The van der Waals surface area contributed by atoms with Crippen LogP contribution in [0, 0.1) is 12.8 Å². The summed E-state index contributed by atoms with van der Waals surface area (Å²) < 4.78 is 0. The van der Waals surface area contributed by atoms with Crippen LogP contribution in [0.4, 0.5) is 0 Å². The fraction of sp³-hybridized carbons (Fsp3) is 0.714. The van der Waals surface area contributed by atoms with Crippen molar-refractivity contribution >= 4 is 17.3 Å². The van der Waals surface area contributed by atoms with Crippen molar-refractivity contribution < 1.29 is 0 Å².